The summed E-state index contributed by atoms with van der Waals surface area (Å²) in [6.45, 7) is 3.33. The van der Waals surface area contributed by atoms with E-state index in [0.29, 0.717) is 12.2 Å². The summed E-state index contributed by atoms with van der Waals surface area (Å²) in [6, 6.07) is 13.0. The summed E-state index contributed by atoms with van der Waals surface area (Å²) in [5, 5.41) is 12.2. The van der Waals surface area contributed by atoms with Crippen LogP contribution in [-0.2, 0) is 17.5 Å². The second-order valence-electron chi connectivity index (χ2n) is 7.42. The Balaban J connectivity index is 1.49. The Kier molecular flexibility index (Phi) is 5.68. The molecule has 2 aromatic carbocycles. The number of anilines is 1. The number of nitrogens with zero attached hydrogens (tertiary/aromatic N) is 4. The van der Waals surface area contributed by atoms with Crippen molar-refractivity contribution in [3.63, 3.8) is 0 Å². The van der Waals surface area contributed by atoms with Gasteiger partial charge in [0.2, 0.25) is 5.91 Å². The molecule has 0 fully saturated rings. The molecule has 166 valence electrons. The fourth-order valence-electron chi connectivity index (χ4n) is 3.53. The predicted molar refractivity (Wildman–Crippen MR) is 116 cm³/mol. The van der Waals surface area contributed by atoms with Crippen LogP contribution in [0.5, 0.6) is 0 Å². The summed E-state index contributed by atoms with van der Waals surface area (Å²) in [4.78, 5) is 12.6. The molecule has 2 aromatic heterocycles. The van der Waals surface area contributed by atoms with E-state index >= 15 is 0 Å². The number of aromatic nitrogens is 4. The average molecular weight is 462 g/mol. The molecule has 0 saturated heterocycles. The molecule has 0 aliphatic rings. The zero-order valence-electron chi connectivity index (χ0n) is 17.2. The van der Waals surface area contributed by atoms with Crippen LogP contribution in [0.2, 0.25) is 5.02 Å². The highest BCUT2D eigenvalue weighted by Gasteiger charge is 2.39. The van der Waals surface area contributed by atoms with Crippen molar-refractivity contribution in [3.05, 3.63) is 76.8 Å². The largest absolute Gasteiger partial charge is 0.436 e. The highest BCUT2D eigenvalue weighted by atomic mass is 35.5. The van der Waals surface area contributed by atoms with E-state index in [2.05, 4.69) is 15.5 Å². The Morgan fingerprint density at radius 3 is 2.62 bits per heavy atom. The third-order valence-electron chi connectivity index (χ3n) is 5.20. The van der Waals surface area contributed by atoms with E-state index in [9.17, 15) is 18.0 Å². The second kappa shape index (κ2) is 8.31. The predicted octanol–water partition coefficient (Wildman–Crippen LogP) is 5.46. The van der Waals surface area contributed by atoms with Crippen molar-refractivity contribution in [2.75, 3.05) is 5.32 Å². The van der Waals surface area contributed by atoms with E-state index in [1.54, 1.807) is 10.9 Å². The maximum Gasteiger partial charge on any atom is 0.436 e. The summed E-state index contributed by atoms with van der Waals surface area (Å²) in [7, 11) is 0. The van der Waals surface area contributed by atoms with Crippen LogP contribution in [0.25, 0.3) is 10.8 Å². The smallest absolute Gasteiger partial charge is 0.322 e. The number of rotatable bonds is 5. The molecule has 32 heavy (non-hydrogen) atoms. The van der Waals surface area contributed by atoms with Crippen molar-refractivity contribution in [1.82, 2.24) is 19.6 Å². The number of hydrogen-bond acceptors (Lipinski definition) is 3. The molecule has 0 bridgehead atoms. The topological polar surface area (TPSA) is 64.7 Å². The zero-order chi connectivity index (χ0) is 23.0. The summed E-state index contributed by atoms with van der Waals surface area (Å²) in [6.07, 6.45) is -1.55. The Morgan fingerprint density at radius 2 is 1.91 bits per heavy atom. The quantitative estimate of drug-likeness (QED) is 0.429. The molecular weight excluding hydrogens is 443 g/mol. The Hall–Kier alpha value is -3.33. The maximum atomic E-state index is 13.1. The molecular formula is C22H19ClF3N5O. The Labute approximate surface area is 186 Å². The second-order valence-corrected chi connectivity index (χ2v) is 7.80. The molecule has 4 aromatic rings. The highest BCUT2D eigenvalue weighted by Crippen LogP contribution is 2.36. The normalized spacial score (nSPS) is 12.8. The third kappa shape index (κ3) is 4.20. The van der Waals surface area contributed by atoms with Crippen LogP contribution in [-0.4, -0.2) is 25.5 Å². The molecule has 0 radical (unpaired) electrons. The van der Waals surface area contributed by atoms with Crippen molar-refractivity contribution in [2.45, 2.75) is 32.6 Å². The SMILES string of the molecule is Cc1c(Cl)c(C(F)(F)F)nn1C(C)C(=O)Nc1cnn(Cc2cccc3ccccc23)c1. The highest BCUT2D eigenvalue weighted by molar-refractivity contribution is 6.32. The molecule has 1 atom stereocenters. The maximum absolute atomic E-state index is 13.1. The lowest BCUT2D eigenvalue weighted by Gasteiger charge is -2.13. The Bertz CT molecular complexity index is 1290. The van der Waals surface area contributed by atoms with Gasteiger partial charge in [-0.3, -0.25) is 14.2 Å². The van der Waals surface area contributed by atoms with E-state index in [4.69, 9.17) is 11.6 Å². The van der Waals surface area contributed by atoms with Gasteiger partial charge in [0.15, 0.2) is 5.69 Å². The van der Waals surface area contributed by atoms with Crippen molar-refractivity contribution in [1.29, 1.82) is 0 Å². The molecule has 0 aliphatic heterocycles. The summed E-state index contributed by atoms with van der Waals surface area (Å²) in [5.74, 6) is -0.536. The van der Waals surface area contributed by atoms with Crippen molar-refractivity contribution >= 4 is 34.0 Å². The first-order chi connectivity index (χ1) is 15.1. The number of carbonyl (C=O) groups is 1. The van der Waals surface area contributed by atoms with Gasteiger partial charge in [-0.1, -0.05) is 54.1 Å². The van der Waals surface area contributed by atoms with Crippen LogP contribution in [0.4, 0.5) is 18.9 Å². The van der Waals surface area contributed by atoms with Gasteiger partial charge in [0.25, 0.3) is 0 Å². The van der Waals surface area contributed by atoms with Crippen molar-refractivity contribution in [3.8, 4) is 0 Å². The van der Waals surface area contributed by atoms with Crippen LogP contribution in [0, 0.1) is 6.92 Å². The van der Waals surface area contributed by atoms with Gasteiger partial charge in [-0.2, -0.15) is 23.4 Å². The molecule has 2 heterocycles. The number of nitrogens with one attached hydrogen (secondary N) is 1. The first kappa shape index (κ1) is 21.9. The Morgan fingerprint density at radius 1 is 1.19 bits per heavy atom. The van der Waals surface area contributed by atoms with Gasteiger partial charge < -0.3 is 5.32 Å². The molecule has 0 aliphatic carbocycles. The molecule has 1 unspecified atom stereocenters. The average Bonchev–Trinajstić information content (AvgIpc) is 3.31. The lowest BCUT2D eigenvalue weighted by atomic mass is 10.0. The van der Waals surface area contributed by atoms with Crippen molar-refractivity contribution in [2.24, 2.45) is 0 Å². The van der Waals surface area contributed by atoms with Crippen LogP contribution >= 0.6 is 11.6 Å². The van der Waals surface area contributed by atoms with Crippen LogP contribution in [0.1, 0.15) is 29.9 Å². The van der Waals surface area contributed by atoms with E-state index in [-0.39, 0.29) is 5.69 Å². The number of fused-ring (bicyclic) bond motifs is 1. The summed E-state index contributed by atoms with van der Waals surface area (Å²) >= 11 is 5.78. The van der Waals surface area contributed by atoms with Gasteiger partial charge in [-0.25, -0.2) is 0 Å². The van der Waals surface area contributed by atoms with Crippen molar-refractivity contribution < 1.29 is 18.0 Å². The van der Waals surface area contributed by atoms with Gasteiger partial charge in [0.1, 0.15) is 6.04 Å². The summed E-state index contributed by atoms with van der Waals surface area (Å²) in [5.41, 5.74) is 0.348. The fourth-order valence-corrected chi connectivity index (χ4v) is 3.77. The third-order valence-corrected chi connectivity index (χ3v) is 5.66. The molecule has 6 nitrogen and oxygen atoms in total. The van der Waals surface area contributed by atoms with Gasteiger partial charge in [0, 0.05) is 6.20 Å². The number of benzene rings is 2. The first-order valence-electron chi connectivity index (χ1n) is 9.77. The van der Waals surface area contributed by atoms with Gasteiger partial charge in [-0.15, -0.1) is 0 Å². The minimum Gasteiger partial charge on any atom is -0.322 e. The standard InChI is InChI=1S/C22H19ClF3N5O/c1-13-19(23)20(22(24,25)26)29-31(13)14(2)21(32)28-17-10-27-30(12-17)11-16-8-5-7-15-6-3-4-9-18(15)16/h3-10,12,14H,11H2,1-2H3,(H,28,32). The zero-order valence-corrected chi connectivity index (χ0v) is 17.9. The first-order valence-corrected chi connectivity index (χ1v) is 10.1. The van der Waals surface area contributed by atoms with Crippen LogP contribution in [0.3, 0.4) is 0 Å². The fraction of sp³-hybridized carbons (Fsp3) is 0.227. The monoisotopic (exact) mass is 461 g/mol. The molecule has 10 heteroatoms. The van der Waals surface area contributed by atoms with Crippen LogP contribution in [0.15, 0.2) is 54.9 Å². The lowest BCUT2D eigenvalue weighted by Crippen LogP contribution is -2.25. The summed E-state index contributed by atoms with van der Waals surface area (Å²) < 4.78 is 41.8. The number of halogens is 4. The van der Waals surface area contributed by atoms with Crippen LogP contribution < -0.4 is 5.32 Å². The number of carbonyl (C=O) groups excluding carboxylic acids is 1. The lowest BCUT2D eigenvalue weighted by molar-refractivity contribution is -0.141. The van der Waals surface area contributed by atoms with Gasteiger partial charge in [-0.05, 0) is 30.2 Å². The number of amides is 1. The molecule has 1 N–H and O–H groups in total. The van der Waals surface area contributed by atoms with E-state index in [1.807, 2.05) is 42.5 Å². The molecule has 4 rings (SSSR count). The minimum absolute atomic E-state index is 0.0632. The number of alkyl halides is 3. The number of hydrogen-bond donors (Lipinski definition) is 1. The van der Waals surface area contributed by atoms with E-state index in [1.165, 1.54) is 20.0 Å². The molecule has 0 spiro atoms. The molecule has 1 amide bonds. The molecule has 0 saturated carbocycles. The van der Waals surface area contributed by atoms with Gasteiger partial charge >= 0.3 is 6.18 Å². The van der Waals surface area contributed by atoms with E-state index in [0.717, 1.165) is 21.0 Å². The minimum atomic E-state index is -4.70. The van der Waals surface area contributed by atoms with Gasteiger partial charge in [0.05, 0.1) is 29.1 Å². The van der Waals surface area contributed by atoms with E-state index < -0.39 is 28.8 Å².